The van der Waals surface area contributed by atoms with E-state index < -0.39 is 26.7 Å². The molecule has 0 N–H and O–H groups in total. The molecule has 29 heavy (non-hydrogen) atoms. The van der Waals surface area contributed by atoms with Crippen molar-refractivity contribution in [2.24, 2.45) is 5.16 Å². The first kappa shape index (κ1) is 21.5. The minimum atomic E-state index is -3.75. The van der Waals surface area contributed by atoms with Gasteiger partial charge in [-0.15, -0.1) is 0 Å². The van der Waals surface area contributed by atoms with Gasteiger partial charge in [0.05, 0.1) is 5.71 Å². The molecule has 0 saturated heterocycles. The third-order valence-corrected chi connectivity index (χ3v) is 7.49. The van der Waals surface area contributed by atoms with Crippen LogP contribution in [-0.4, -0.2) is 37.2 Å². The van der Waals surface area contributed by atoms with Crippen LogP contribution >= 0.6 is 15.9 Å². The van der Waals surface area contributed by atoms with Gasteiger partial charge in [-0.2, -0.15) is 0 Å². The fraction of sp³-hybridized carbons (Fsp3) is 0.333. The highest BCUT2D eigenvalue weighted by Crippen LogP contribution is 2.30. The van der Waals surface area contributed by atoms with Crippen molar-refractivity contribution >= 4 is 37.4 Å². The van der Waals surface area contributed by atoms with Crippen LogP contribution in [0.5, 0.6) is 0 Å². The Bertz CT molecular complexity index is 1010. The zero-order chi connectivity index (χ0) is 21.1. The molecule has 0 aliphatic carbocycles. The van der Waals surface area contributed by atoms with E-state index in [2.05, 4.69) is 21.1 Å². The lowest BCUT2D eigenvalue weighted by atomic mass is 9.97. The predicted octanol–water partition coefficient (Wildman–Crippen LogP) is 3.88. The molecule has 0 aromatic heterocycles. The van der Waals surface area contributed by atoms with Crippen molar-refractivity contribution in [2.45, 2.75) is 37.2 Å². The Balaban J connectivity index is 1.69. The van der Waals surface area contributed by atoms with Crippen molar-refractivity contribution in [1.82, 2.24) is 0 Å². The monoisotopic (exact) mass is 479 g/mol. The first-order valence-electron chi connectivity index (χ1n) is 9.08. The van der Waals surface area contributed by atoms with Gasteiger partial charge in [0.15, 0.2) is 14.6 Å². The van der Waals surface area contributed by atoms with Gasteiger partial charge in [-0.25, -0.2) is 8.42 Å². The van der Waals surface area contributed by atoms with Gasteiger partial charge in [0.1, 0.15) is 12.7 Å². The standard InChI is InChI=1S/C21H22BrNO5S/c1-21(29(2,25)26,20(24)27-14-15-6-4-3-5-7-15)13-18-12-19(23-28-18)16-8-10-17(22)11-9-16/h3-11,18H,12-14H2,1-2H3/t18?,21-/m1/s1. The van der Waals surface area contributed by atoms with Crippen molar-refractivity contribution < 1.29 is 22.8 Å². The number of nitrogens with zero attached hydrogens (tertiary/aromatic N) is 1. The molecule has 2 aromatic carbocycles. The minimum absolute atomic E-state index is 0.0109. The van der Waals surface area contributed by atoms with Crippen molar-refractivity contribution in [2.75, 3.05) is 6.26 Å². The maximum atomic E-state index is 12.8. The molecule has 0 bridgehead atoms. The van der Waals surface area contributed by atoms with E-state index in [0.717, 1.165) is 27.6 Å². The second-order valence-corrected chi connectivity index (χ2v) is 10.6. The number of carbonyl (C=O) groups is 1. The number of rotatable bonds is 7. The number of sulfone groups is 1. The quantitative estimate of drug-likeness (QED) is 0.562. The Morgan fingerprint density at radius 2 is 1.86 bits per heavy atom. The van der Waals surface area contributed by atoms with Crippen LogP contribution in [0.1, 0.15) is 30.9 Å². The van der Waals surface area contributed by atoms with E-state index in [4.69, 9.17) is 9.57 Å². The molecule has 2 aromatic rings. The lowest BCUT2D eigenvalue weighted by Gasteiger charge is -2.27. The maximum absolute atomic E-state index is 12.8. The van der Waals surface area contributed by atoms with Crippen LogP contribution in [0.25, 0.3) is 0 Å². The predicted molar refractivity (Wildman–Crippen MR) is 114 cm³/mol. The molecule has 6 nitrogen and oxygen atoms in total. The van der Waals surface area contributed by atoms with Gasteiger partial charge < -0.3 is 9.57 Å². The zero-order valence-corrected chi connectivity index (χ0v) is 18.6. The molecule has 1 aliphatic heterocycles. The lowest BCUT2D eigenvalue weighted by Crippen LogP contribution is -2.46. The van der Waals surface area contributed by atoms with E-state index >= 15 is 0 Å². The summed E-state index contributed by atoms with van der Waals surface area (Å²) in [5.41, 5.74) is 2.40. The first-order chi connectivity index (χ1) is 13.7. The summed E-state index contributed by atoms with van der Waals surface area (Å²) in [4.78, 5) is 18.2. The van der Waals surface area contributed by atoms with Crippen molar-refractivity contribution in [3.63, 3.8) is 0 Å². The molecule has 0 saturated carbocycles. The lowest BCUT2D eigenvalue weighted by molar-refractivity contribution is -0.148. The number of hydrogen-bond acceptors (Lipinski definition) is 6. The topological polar surface area (TPSA) is 82.0 Å². The summed E-state index contributed by atoms with van der Waals surface area (Å²) in [7, 11) is -3.75. The fourth-order valence-electron chi connectivity index (χ4n) is 3.05. The van der Waals surface area contributed by atoms with Gasteiger partial charge in [-0.3, -0.25) is 4.79 Å². The average molecular weight is 480 g/mol. The highest BCUT2D eigenvalue weighted by Gasteiger charge is 2.48. The summed E-state index contributed by atoms with van der Waals surface area (Å²) in [6.07, 6.45) is 0.891. The molecular weight excluding hydrogens is 458 g/mol. The molecule has 2 atom stereocenters. The van der Waals surface area contributed by atoms with Crippen molar-refractivity contribution in [1.29, 1.82) is 0 Å². The van der Waals surface area contributed by atoms with Crippen LogP contribution < -0.4 is 0 Å². The summed E-state index contributed by atoms with van der Waals surface area (Å²) in [6, 6.07) is 16.7. The molecule has 0 spiro atoms. The second kappa shape index (κ2) is 8.67. The average Bonchev–Trinajstić information content (AvgIpc) is 3.14. The van der Waals surface area contributed by atoms with Crippen LogP contribution in [-0.2, 0) is 30.8 Å². The molecule has 1 aliphatic rings. The summed E-state index contributed by atoms with van der Waals surface area (Å²) in [5, 5.41) is 4.09. The number of esters is 1. The summed E-state index contributed by atoms with van der Waals surface area (Å²) < 4.78 is 29.5. The number of oxime groups is 1. The molecule has 1 heterocycles. The van der Waals surface area contributed by atoms with Gasteiger partial charge >= 0.3 is 5.97 Å². The molecule has 3 rings (SSSR count). The largest absolute Gasteiger partial charge is 0.460 e. The van der Waals surface area contributed by atoms with Gasteiger partial charge in [-0.1, -0.05) is 63.6 Å². The first-order valence-corrected chi connectivity index (χ1v) is 11.8. The van der Waals surface area contributed by atoms with E-state index in [1.807, 2.05) is 54.6 Å². The smallest absolute Gasteiger partial charge is 0.327 e. The number of hydrogen-bond donors (Lipinski definition) is 0. The van der Waals surface area contributed by atoms with Gasteiger partial charge in [0.2, 0.25) is 0 Å². The van der Waals surface area contributed by atoms with Crippen LogP contribution in [0.15, 0.2) is 64.2 Å². The highest BCUT2D eigenvalue weighted by atomic mass is 79.9. The van der Waals surface area contributed by atoms with E-state index in [-0.39, 0.29) is 13.0 Å². The van der Waals surface area contributed by atoms with E-state index in [1.54, 1.807) is 0 Å². The van der Waals surface area contributed by atoms with Crippen LogP contribution in [0, 0.1) is 0 Å². The van der Waals surface area contributed by atoms with Crippen LogP contribution in [0.3, 0.4) is 0 Å². The Labute approximate surface area is 178 Å². The molecule has 8 heteroatoms. The molecule has 154 valence electrons. The normalized spacial score (nSPS) is 18.4. The highest BCUT2D eigenvalue weighted by molar-refractivity contribution is 9.10. The Morgan fingerprint density at radius 1 is 1.21 bits per heavy atom. The molecule has 0 radical (unpaired) electrons. The number of ether oxygens (including phenoxy) is 1. The maximum Gasteiger partial charge on any atom is 0.327 e. The Kier molecular flexibility index (Phi) is 6.43. The van der Waals surface area contributed by atoms with Gasteiger partial charge in [-0.05, 0) is 30.2 Å². The van der Waals surface area contributed by atoms with Crippen LogP contribution in [0.2, 0.25) is 0 Å². The molecular formula is C21H22BrNO5S. The van der Waals surface area contributed by atoms with Crippen LogP contribution in [0.4, 0.5) is 0 Å². The molecule has 0 amide bonds. The summed E-state index contributed by atoms with van der Waals surface area (Å²) >= 11 is 3.39. The Morgan fingerprint density at radius 3 is 2.48 bits per heavy atom. The summed E-state index contributed by atoms with van der Waals surface area (Å²) in [6.45, 7) is 1.40. The number of carbonyl (C=O) groups excluding carboxylic acids is 1. The van der Waals surface area contributed by atoms with E-state index in [9.17, 15) is 13.2 Å². The SMILES string of the molecule is C[C@@](CC1CC(c2ccc(Br)cc2)=NO1)(C(=O)OCc1ccccc1)S(C)(=O)=O. The second-order valence-electron chi connectivity index (χ2n) is 7.25. The fourth-order valence-corrected chi connectivity index (χ4v) is 4.16. The number of halogens is 1. The van der Waals surface area contributed by atoms with Crippen molar-refractivity contribution in [3.8, 4) is 0 Å². The van der Waals surface area contributed by atoms with E-state index in [1.165, 1.54) is 6.92 Å². The third kappa shape index (κ3) is 5.05. The van der Waals surface area contributed by atoms with Gasteiger partial charge in [0.25, 0.3) is 0 Å². The van der Waals surface area contributed by atoms with E-state index in [0.29, 0.717) is 6.42 Å². The minimum Gasteiger partial charge on any atom is -0.460 e. The Hall–Kier alpha value is -2.19. The van der Waals surface area contributed by atoms with Gasteiger partial charge in [0, 0.05) is 23.6 Å². The molecule has 1 unspecified atom stereocenters. The molecule has 0 fully saturated rings. The third-order valence-electron chi connectivity index (χ3n) is 4.99. The summed E-state index contributed by atoms with van der Waals surface area (Å²) in [5.74, 6) is -0.787. The van der Waals surface area contributed by atoms with Crippen molar-refractivity contribution in [3.05, 3.63) is 70.2 Å². The number of benzene rings is 2. The zero-order valence-electron chi connectivity index (χ0n) is 16.2.